The normalized spacial score (nSPS) is 24.0. The maximum Gasteiger partial charge on any atom is 0.408 e. The monoisotopic (exact) mass is 420 g/mol. The molecule has 3 amide bonds. The third-order valence-electron chi connectivity index (χ3n) is 4.67. The van der Waals surface area contributed by atoms with E-state index in [1.807, 2.05) is 17.2 Å². The quantitative estimate of drug-likeness (QED) is 0.566. The number of hydrogen-bond acceptors (Lipinski definition) is 6. The number of cyclic esters (lactones) is 1. The Balaban J connectivity index is 0.00000243. The molecule has 11 nitrogen and oxygen atoms in total. The van der Waals surface area contributed by atoms with E-state index in [4.69, 9.17) is 4.74 Å². The van der Waals surface area contributed by atoms with Gasteiger partial charge in [0.1, 0.15) is 18.2 Å². The number of alkyl carbamates (subject to hydrolysis) is 1. The lowest BCUT2D eigenvalue weighted by molar-refractivity contribution is -0.137. The van der Waals surface area contributed by atoms with Crippen LogP contribution in [0.5, 0.6) is 0 Å². The van der Waals surface area contributed by atoms with Crippen molar-refractivity contribution in [2.24, 2.45) is 0 Å². The molecule has 8 N–H and O–H groups in total. The highest BCUT2D eigenvalue weighted by Crippen LogP contribution is 2.19. The first-order chi connectivity index (χ1) is 12.0. The molecule has 0 aromatic carbocycles. The minimum Gasteiger partial charge on any atom is -0.444 e. The molecule has 0 bridgehead atoms. The number of nitrogens with one attached hydrogen (secondary N) is 2. The molecule has 2 aliphatic heterocycles. The van der Waals surface area contributed by atoms with E-state index in [1.54, 1.807) is 12.4 Å². The molecule has 1 aromatic heterocycles. The van der Waals surface area contributed by atoms with Crippen LogP contribution in [0.1, 0.15) is 32.4 Å². The van der Waals surface area contributed by atoms with Gasteiger partial charge in [-0.15, -0.1) is 11.3 Å². The lowest BCUT2D eigenvalue weighted by Gasteiger charge is -2.28. The molecule has 0 aliphatic carbocycles. The second-order valence-corrected chi connectivity index (χ2v) is 7.22. The van der Waals surface area contributed by atoms with Crippen LogP contribution in [0.2, 0.25) is 0 Å². The number of amides is 3. The number of carbonyl (C=O) groups excluding carboxylic acids is 3. The largest absolute Gasteiger partial charge is 0.444 e. The fraction of sp³-hybridized carbons (Fsp3) is 0.625. The summed E-state index contributed by atoms with van der Waals surface area (Å²) in [6.07, 6.45) is 1.06. The minimum atomic E-state index is -0.797. The summed E-state index contributed by atoms with van der Waals surface area (Å²) in [5.41, 5.74) is 2.46. The molecule has 160 valence electrons. The number of ether oxygens (including phenoxy) is 1. The van der Waals surface area contributed by atoms with Gasteiger partial charge in [0.15, 0.2) is 0 Å². The summed E-state index contributed by atoms with van der Waals surface area (Å²) in [5, 5.41) is 7.12. The molecule has 28 heavy (non-hydrogen) atoms. The van der Waals surface area contributed by atoms with Gasteiger partial charge in [0.25, 0.3) is 0 Å². The molecular weight excluding hydrogens is 392 g/mol. The van der Waals surface area contributed by atoms with Crippen LogP contribution in [0, 0.1) is 0 Å². The van der Waals surface area contributed by atoms with Gasteiger partial charge in [-0.1, -0.05) is 0 Å². The number of hydrogen-bond donors (Lipinski definition) is 2. The van der Waals surface area contributed by atoms with Gasteiger partial charge in [-0.05, 0) is 26.7 Å². The molecule has 0 unspecified atom stereocenters. The Hall–Kier alpha value is -2.28. The molecule has 0 radical (unpaired) electrons. The highest BCUT2D eigenvalue weighted by atomic mass is 32.1. The van der Waals surface area contributed by atoms with Crippen molar-refractivity contribution < 1.29 is 35.5 Å². The first-order valence-corrected chi connectivity index (χ1v) is 9.35. The van der Waals surface area contributed by atoms with E-state index >= 15 is 0 Å². The standard InChI is InChI=1S/C16H22N4O4S.3H2O/c1-9-4-3-5-20(9)15(22)12(6-11-7-25-8-17-11)18-14(21)13-10(2)24-16(23)19-13;;;/h7-10,12-13H,3-6H2,1-2H3,(H,18,21)(H,19,23);3*1H2/t9-,10+,12+,13+;;;/m1.../s1. The zero-order valence-electron chi connectivity index (χ0n) is 15.7. The SMILES string of the molecule is C[C@@H]1OC(=O)N[C@@H]1C(=O)N[C@@H](Cc1cscn1)C(=O)N1CCC[C@H]1C.O.O.O. The van der Waals surface area contributed by atoms with Crippen molar-refractivity contribution in [1.82, 2.24) is 20.5 Å². The fourth-order valence-electron chi connectivity index (χ4n) is 3.26. The summed E-state index contributed by atoms with van der Waals surface area (Å²) >= 11 is 1.45. The van der Waals surface area contributed by atoms with Crippen LogP contribution in [0.4, 0.5) is 4.79 Å². The van der Waals surface area contributed by atoms with Crippen LogP contribution >= 0.6 is 11.3 Å². The van der Waals surface area contributed by atoms with Crippen molar-refractivity contribution in [3.8, 4) is 0 Å². The highest BCUT2D eigenvalue weighted by molar-refractivity contribution is 7.07. The summed E-state index contributed by atoms with van der Waals surface area (Å²) in [6, 6.07) is -1.34. The van der Waals surface area contributed by atoms with Crippen molar-refractivity contribution in [2.45, 2.75) is 57.3 Å². The fourth-order valence-corrected chi connectivity index (χ4v) is 3.84. The number of thiazole rings is 1. The Labute approximate surface area is 166 Å². The lowest BCUT2D eigenvalue weighted by atomic mass is 10.1. The molecule has 3 heterocycles. The van der Waals surface area contributed by atoms with Gasteiger partial charge >= 0.3 is 6.09 Å². The summed E-state index contributed by atoms with van der Waals surface area (Å²) in [5.74, 6) is -0.525. The van der Waals surface area contributed by atoms with Crippen molar-refractivity contribution in [2.75, 3.05) is 6.54 Å². The Morgan fingerprint density at radius 1 is 1.39 bits per heavy atom. The number of aromatic nitrogens is 1. The van der Waals surface area contributed by atoms with Crippen LogP contribution in [0.15, 0.2) is 10.9 Å². The van der Waals surface area contributed by atoms with Crippen LogP contribution in [0.3, 0.4) is 0 Å². The average Bonchev–Trinajstić information content (AvgIpc) is 3.28. The highest BCUT2D eigenvalue weighted by Gasteiger charge is 2.39. The topological polar surface area (TPSA) is 195 Å². The maximum atomic E-state index is 12.9. The molecule has 2 fully saturated rings. The van der Waals surface area contributed by atoms with E-state index in [1.165, 1.54) is 11.3 Å². The van der Waals surface area contributed by atoms with Gasteiger partial charge in [0.05, 0.1) is 11.2 Å². The Morgan fingerprint density at radius 3 is 2.61 bits per heavy atom. The predicted octanol–water partition coefficient (Wildman–Crippen LogP) is -1.80. The van der Waals surface area contributed by atoms with Crippen molar-refractivity contribution >= 4 is 29.2 Å². The van der Waals surface area contributed by atoms with Gasteiger partial charge in [0, 0.05) is 24.4 Å². The van der Waals surface area contributed by atoms with E-state index in [0.717, 1.165) is 18.5 Å². The molecular formula is C16H28N4O7S. The average molecular weight is 420 g/mol. The molecule has 0 saturated carbocycles. The zero-order valence-corrected chi connectivity index (χ0v) is 16.5. The molecule has 3 rings (SSSR count). The number of carbonyl (C=O) groups is 3. The molecule has 4 atom stereocenters. The van der Waals surface area contributed by atoms with E-state index in [-0.39, 0.29) is 28.4 Å². The number of likely N-dealkylation sites (tertiary alicyclic amines) is 1. The number of nitrogens with zero attached hydrogens (tertiary/aromatic N) is 2. The van der Waals surface area contributed by atoms with Crippen LogP contribution in [-0.2, 0) is 20.7 Å². The Bertz CT molecular complexity index is 657. The van der Waals surface area contributed by atoms with Gasteiger partial charge in [0.2, 0.25) is 11.8 Å². The molecule has 0 spiro atoms. The van der Waals surface area contributed by atoms with E-state index in [0.29, 0.717) is 13.0 Å². The maximum absolute atomic E-state index is 12.9. The van der Waals surface area contributed by atoms with Crippen molar-refractivity contribution in [3.63, 3.8) is 0 Å². The second kappa shape index (κ2) is 10.9. The van der Waals surface area contributed by atoms with Gasteiger partial charge in [-0.25, -0.2) is 9.78 Å². The summed E-state index contributed by atoms with van der Waals surface area (Å²) in [6.45, 7) is 4.35. The lowest BCUT2D eigenvalue weighted by Crippen LogP contribution is -2.55. The van der Waals surface area contributed by atoms with Crippen molar-refractivity contribution in [3.05, 3.63) is 16.6 Å². The molecule has 2 saturated heterocycles. The van der Waals surface area contributed by atoms with Crippen molar-refractivity contribution in [1.29, 1.82) is 0 Å². The van der Waals surface area contributed by atoms with Crippen LogP contribution in [0.25, 0.3) is 0 Å². The Kier molecular flexibility index (Phi) is 10.0. The minimum absolute atomic E-state index is 0. The van der Waals surface area contributed by atoms with Gasteiger partial charge < -0.3 is 36.7 Å². The van der Waals surface area contributed by atoms with E-state index < -0.39 is 30.2 Å². The second-order valence-electron chi connectivity index (χ2n) is 6.50. The smallest absolute Gasteiger partial charge is 0.408 e. The number of rotatable bonds is 5. The Morgan fingerprint density at radius 2 is 2.11 bits per heavy atom. The summed E-state index contributed by atoms with van der Waals surface area (Å²) in [4.78, 5) is 42.8. The van der Waals surface area contributed by atoms with E-state index in [9.17, 15) is 14.4 Å². The predicted molar refractivity (Wildman–Crippen MR) is 102 cm³/mol. The van der Waals surface area contributed by atoms with E-state index in [2.05, 4.69) is 15.6 Å². The van der Waals surface area contributed by atoms with Gasteiger partial charge in [-0.2, -0.15) is 0 Å². The third-order valence-corrected chi connectivity index (χ3v) is 5.30. The first kappa shape index (κ1) is 25.7. The summed E-state index contributed by atoms with van der Waals surface area (Å²) < 4.78 is 4.94. The molecule has 2 aliphatic rings. The molecule has 1 aromatic rings. The zero-order chi connectivity index (χ0) is 18.0. The van der Waals surface area contributed by atoms with Crippen LogP contribution < -0.4 is 10.6 Å². The van der Waals surface area contributed by atoms with Crippen LogP contribution in [-0.4, -0.2) is 75.0 Å². The van der Waals surface area contributed by atoms with Gasteiger partial charge in [-0.3, -0.25) is 9.59 Å². The third kappa shape index (κ3) is 5.61. The first-order valence-electron chi connectivity index (χ1n) is 8.40. The molecule has 12 heteroatoms. The summed E-state index contributed by atoms with van der Waals surface area (Å²) in [7, 11) is 0.